The average Bonchev–Trinajstić information content (AvgIpc) is 2.70. The Morgan fingerprint density at radius 1 is 1.42 bits per heavy atom. The second-order valence-corrected chi connectivity index (χ2v) is 6.26. The molecule has 0 saturated carbocycles. The molecule has 1 aromatic rings. The third-order valence-electron chi connectivity index (χ3n) is 2.52. The van der Waals surface area contributed by atoms with E-state index < -0.39 is 5.97 Å². The average molecular weight is 305 g/mol. The highest BCUT2D eigenvalue weighted by atomic mass is 35.5. The molecule has 2 amide bonds. The van der Waals surface area contributed by atoms with Crippen molar-refractivity contribution in [2.45, 2.75) is 26.4 Å². The van der Waals surface area contributed by atoms with Gasteiger partial charge in [0.2, 0.25) is 0 Å². The van der Waals surface area contributed by atoms with E-state index in [1.807, 2.05) is 6.07 Å². The van der Waals surface area contributed by atoms with Crippen molar-refractivity contribution in [3.63, 3.8) is 0 Å². The molecule has 1 N–H and O–H groups in total. The summed E-state index contributed by atoms with van der Waals surface area (Å²) < 4.78 is 0.669. The van der Waals surface area contributed by atoms with Crippen LogP contribution in [0.1, 0.15) is 18.7 Å². The smallest absolute Gasteiger partial charge is 0.323 e. The lowest BCUT2D eigenvalue weighted by Gasteiger charge is -2.29. The fourth-order valence-electron chi connectivity index (χ4n) is 1.57. The molecule has 106 valence electrons. The van der Waals surface area contributed by atoms with Crippen molar-refractivity contribution in [2.75, 3.05) is 13.6 Å². The van der Waals surface area contributed by atoms with E-state index in [2.05, 4.69) is 0 Å². The van der Waals surface area contributed by atoms with E-state index in [4.69, 9.17) is 16.7 Å². The number of aliphatic carboxylic acids is 1. The summed E-state index contributed by atoms with van der Waals surface area (Å²) in [6.07, 6.45) is 0. The molecule has 0 saturated heterocycles. The lowest BCUT2D eigenvalue weighted by molar-refractivity contribution is -0.138. The Bertz CT molecular complexity index is 462. The first-order valence-corrected chi connectivity index (χ1v) is 6.98. The first kappa shape index (κ1) is 15.8. The number of hydrogen-bond acceptors (Lipinski definition) is 3. The Morgan fingerprint density at radius 2 is 2.05 bits per heavy atom. The number of nitrogens with zero attached hydrogens (tertiary/aromatic N) is 2. The lowest BCUT2D eigenvalue weighted by atomic mass is 10.3. The van der Waals surface area contributed by atoms with Gasteiger partial charge in [0.15, 0.2) is 0 Å². The summed E-state index contributed by atoms with van der Waals surface area (Å²) >= 11 is 7.24. The Morgan fingerprint density at radius 3 is 2.47 bits per heavy atom. The van der Waals surface area contributed by atoms with Gasteiger partial charge in [-0.3, -0.25) is 4.79 Å². The summed E-state index contributed by atoms with van der Waals surface area (Å²) in [5, 5.41) is 8.83. The number of thiophene rings is 1. The van der Waals surface area contributed by atoms with Crippen molar-refractivity contribution in [1.82, 2.24) is 9.80 Å². The van der Waals surface area contributed by atoms with Crippen molar-refractivity contribution >= 4 is 34.9 Å². The van der Waals surface area contributed by atoms with Crippen LogP contribution in [0.15, 0.2) is 12.1 Å². The molecule has 1 heterocycles. The monoisotopic (exact) mass is 304 g/mol. The van der Waals surface area contributed by atoms with Crippen LogP contribution in [0.2, 0.25) is 4.34 Å². The van der Waals surface area contributed by atoms with Gasteiger partial charge >= 0.3 is 12.0 Å². The largest absolute Gasteiger partial charge is 0.480 e. The second kappa shape index (κ2) is 6.77. The molecule has 0 spiro atoms. The number of hydrogen-bond donors (Lipinski definition) is 1. The quantitative estimate of drug-likeness (QED) is 0.910. The third kappa shape index (κ3) is 4.72. The van der Waals surface area contributed by atoms with Gasteiger partial charge in [-0.1, -0.05) is 11.6 Å². The van der Waals surface area contributed by atoms with E-state index in [1.165, 1.54) is 21.1 Å². The molecule has 0 aromatic carbocycles. The van der Waals surface area contributed by atoms with E-state index in [9.17, 15) is 9.59 Å². The highest BCUT2D eigenvalue weighted by molar-refractivity contribution is 7.16. The summed E-state index contributed by atoms with van der Waals surface area (Å²) in [5.74, 6) is -1.02. The molecule has 1 aromatic heterocycles. The van der Waals surface area contributed by atoms with Crippen molar-refractivity contribution < 1.29 is 14.7 Å². The van der Waals surface area contributed by atoms with Gasteiger partial charge < -0.3 is 14.9 Å². The Labute approximate surface area is 121 Å². The molecule has 7 heteroatoms. The number of carbonyl (C=O) groups excluding carboxylic acids is 1. The van der Waals surface area contributed by atoms with Crippen molar-refractivity contribution in [2.24, 2.45) is 0 Å². The molecule has 0 unspecified atom stereocenters. The Hall–Kier alpha value is -1.27. The highest BCUT2D eigenvalue weighted by Gasteiger charge is 2.23. The molecule has 5 nitrogen and oxygen atoms in total. The van der Waals surface area contributed by atoms with Crippen LogP contribution in [0.5, 0.6) is 0 Å². The summed E-state index contributed by atoms with van der Waals surface area (Å²) in [6.45, 7) is 3.69. The second-order valence-electron chi connectivity index (χ2n) is 4.46. The van der Waals surface area contributed by atoms with Gasteiger partial charge in [0, 0.05) is 18.0 Å². The van der Waals surface area contributed by atoms with Gasteiger partial charge in [-0.15, -0.1) is 11.3 Å². The first-order chi connectivity index (χ1) is 8.81. The zero-order valence-electron chi connectivity index (χ0n) is 11.1. The molecule has 0 radical (unpaired) electrons. The number of carbonyl (C=O) groups is 2. The van der Waals surface area contributed by atoms with Crippen LogP contribution in [0.25, 0.3) is 0 Å². The molecule has 0 aliphatic carbocycles. The molecule has 0 bridgehead atoms. The predicted molar refractivity (Wildman–Crippen MR) is 75.7 cm³/mol. The number of rotatable bonds is 5. The van der Waals surface area contributed by atoms with E-state index in [-0.39, 0.29) is 18.6 Å². The van der Waals surface area contributed by atoms with Crippen LogP contribution >= 0.6 is 22.9 Å². The van der Waals surface area contributed by atoms with Gasteiger partial charge in [0.1, 0.15) is 6.54 Å². The van der Waals surface area contributed by atoms with Gasteiger partial charge in [-0.2, -0.15) is 0 Å². The number of carboxylic acid groups (broad SMARTS) is 1. The molecule has 0 aliphatic heterocycles. The fourth-order valence-corrected chi connectivity index (χ4v) is 2.72. The standard InChI is InChI=1S/C12H17ClN2O3S/c1-8(2)15(7-11(16)17)12(18)14(3)6-9-4-5-10(13)19-9/h4-5,8H,6-7H2,1-3H3,(H,16,17). The number of amides is 2. The zero-order valence-corrected chi connectivity index (χ0v) is 12.7. The lowest BCUT2D eigenvalue weighted by Crippen LogP contribution is -2.46. The van der Waals surface area contributed by atoms with Gasteiger partial charge in [0.05, 0.1) is 10.9 Å². The maximum atomic E-state index is 12.2. The van der Waals surface area contributed by atoms with Crippen molar-refractivity contribution in [1.29, 1.82) is 0 Å². The highest BCUT2D eigenvalue weighted by Crippen LogP contribution is 2.22. The predicted octanol–water partition coefficient (Wildman–Crippen LogP) is 2.75. The van der Waals surface area contributed by atoms with Crippen molar-refractivity contribution in [3.05, 3.63) is 21.3 Å². The topological polar surface area (TPSA) is 60.9 Å². The summed E-state index contributed by atoms with van der Waals surface area (Å²) in [6, 6.07) is 3.16. The molecule has 19 heavy (non-hydrogen) atoms. The minimum atomic E-state index is -1.02. The van der Waals surface area contributed by atoms with Crippen molar-refractivity contribution in [3.8, 4) is 0 Å². The Kier molecular flexibility index (Phi) is 5.62. The van der Waals surface area contributed by atoms with Gasteiger partial charge in [0.25, 0.3) is 0 Å². The summed E-state index contributed by atoms with van der Waals surface area (Å²) in [4.78, 5) is 26.7. The van der Waals surface area contributed by atoms with Crippen LogP contribution in [0.3, 0.4) is 0 Å². The fraction of sp³-hybridized carbons (Fsp3) is 0.500. The Balaban J connectivity index is 2.70. The maximum absolute atomic E-state index is 12.2. The number of halogens is 1. The zero-order chi connectivity index (χ0) is 14.6. The molecular weight excluding hydrogens is 288 g/mol. The normalized spacial score (nSPS) is 10.6. The van der Waals surface area contributed by atoms with E-state index >= 15 is 0 Å². The summed E-state index contributed by atoms with van der Waals surface area (Å²) in [5.41, 5.74) is 0. The maximum Gasteiger partial charge on any atom is 0.323 e. The first-order valence-electron chi connectivity index (χ1n) is 5.79. The van der Waals surface area contributed by atoms with Crippen LogP contribution < -0.4 is 0 Å². The molecule has 1 rings (SSSR count). The minimum absolute atomic E-state index is 0.169. The molecule has 0 fully saturated rings. The van der Waals surface area contributed by atoms with Gasteiger partial charge in [-0.05, 0) is 26.0 Å². The molecule has 0 atom stereocenters. The minimum Gasteiger partial charge on any atom is -0.480 e. The molecule has 0 aliphatic rings. The van der Waals surface area contributed by atoms with Crippen LogP contribution in [0.4, 0.5) is 4.79 Å². The van der Waals surface area contributed by atoms with Crippen LogP contribution in [0, 0.1) is 0 Å². The number of carboxylic acids is 1. The van der Waals surface area contributed by atoms with Gasteiger partial charge in [-0.25, -0.2) is 4.79 Å². The van der Waals surface area contributed by atoms with E-state index in [0.29, 0.717) is 10.9 Å². The van der Waals surface area contributed by atoms with Crippen LogP contribution in [-0.4, -0.2) is 46.5 Å². The number of urea groups is 1. The SMILES string of the molecule is CC(C)N(CC(=O)O)C(=O)N(C)Cc1ccc(Cl)s1. The summed E-state index contributed by atoms with van der Waals surface area (Å²) in [7, 11) is 1.65. The van der Waals surface area contributed by atoms with E-state index in [1.54, 1.807) is 27.0 Å². The molecular formula is C12H17ClN2O3S. The van der Waals surface area contributed by atoms with Crippen LogP contribution in [-0.2, 0) is 11.3 Å². The van der Waals surface area contributed by atoms with E-state index in [0.717, 1.165) is 4.88 Å². The third-order valence-corrected chi connectivity index (χ3v) is 3.74.